The summed E-state index contributed by atoms with van der Waals surface area (Å²) in [7, 11) is 0. The van der Waals surface area contributed by atoms with Crippen LogP contribution in [0.5, 0.6) is 0 Å². The van der Waals surface area contributed by atoms with Gasteiger partial charge < -0.3 is 20.4 Å². The standard InChI is InChI=1S/C29H48O4/c1-20-22(18-23(30)19-25(20)31)12-11-21-10-9-16-28(4)24(21)13-14-26(28)29(5,33)17-8-6-7-15-27(2,3)32/h11-12,23-26,30-33H,1,6-10,13-19H2,2-5H3/b21-11+,22-12-/t23-,24+,25+,26+,28+,29+/m1/s1. The Morgan fingerprint density at radius 2 is 1.73 bits per heavy atom. The Hall–Kier alpha value is -0.940. The number of aliphatic hydroxyl groups excluding tert-OH is 2. The van der Waals surface area contributed by atoms with E-state index in [1.54, 1.807) is 0 Å². The lowest BCUT2D eigenvalue weighted by Gasteiger charge is -2.47. The largest absolute Gasteiger partial charge is 0.393 e. The maximum atomic E-state index is 11.5. The van der Waals surface area contributed by atoms with E-state index in [2.05, 4.69) is 32.6 Å². The summed E-state index contributed by atoms with van der Waals surface area (Å²) in [5.74, 6) is 0.787. The van der Waals surface area contributed by atoms with Gasteiger partial charge in [0.25, 0.3) is 0 Å². The first-order valence-corrected chi connectivity index (χ1v) is 13.2. The van der Waals surface area contributed by atoms with Crippen LogP contribution in [-0.4, -0.2) is 43.8 Å². The molecule has 3 aliphatic carbocycles. The van der Waals surface area contributed by atoms with Gasteiger partial charge in [-0.2, -0.15) is 0 Å². The van der Waals surface area contributed by atoms with E-state index in [1.807, 2.05) is 13.8 Å². The van der Waals surface area contributed by atoms with Gasteiger partial charge in [0.2, 0.25) is 0 Å². The molecule has 0 aliphatic heterocycles. The summed E-state index contributed by atoms with van der Waals surface area (Å²) in [6.07, 6.45) is 14.4. The molecular weight excluding hydrogens is 412 g/mol. The molecule has 188 valence electrons. The van der Waals surface area contributed by atoms with Crippen LogP contribution in [0.15, 0.2) is 35.5 Å². The molecule has 4 N–H and O–H groups in total. The molecular formula is C29H48O4. The minimum Gasteiger partial charge on any atom is -0.393 e. The van der Waals surface area contributed by atoms with Crippen LogP contribution in [0.25, 0.3) is 0 Å². The lowest BCUT2D eigenvalue weighted by atomic mass is 9.59. The summed E-state index contributed by atoms with van der Waals surface area (Å²) in [6, 6.07) is 0. The summed E-state index contributed by atoms with van der Waals surface area (Å²) in [4.78, 5) is 0. The minimum atomic E-state index is -0.662. The van der Waals surface area contributed by atoms with Crippen LogP contribution >= 0.6 is 0 Å². The fourth-order valence-electron chi connectivity index (χ4n) is 7.12. The smallest absolute Gasteiger partial charge is 0.0811 e. The van der Waals surface area contributed by atoms with E-state index < -0.39 is 23.4 Å². The van der Waals surface area contributed by atoms with Crippen LogP contribution < -0.4 is 0 Å². The third-order valence-corrected chi connectivity index (χ3v) is 8.95. The molecule has 0 spiro atoms. The number of hydrogen-bond donors (Lipinski definition) is 4. The molecule has 6 atom stereocenters. The van der Waals surface area contributed by atoms with Crippen molar-refractivity contribution in [3.8, 4) is 0 Å². The Morgan fingerprint density at radius 1 is 1.03 bits per heavy atom. The molecule has 0 unspecified atom stereocenters. The van der Waals surface area contributed by atoms with Crippen molar-refractivity contribution in [3.05, 3.63) is 35.5 Å². The number of unbranched alkanes of at least 4 members (excludes halogenated alkanes) is 2. The molecule has 0 aromatic heterocycles. The highest BCUT2D eigenvalue weighted by atomic mass is 16.3. The fourth-order valence-corrected chi connectivity index (χ4v) is 7.12. The topological polar surface area (TPSA) is 80.9 Å². The molecule has 0 saturated heterocycles. The highest BCUT2D eigenvalue weighted by molar-refractivity contribution is 5.38. The van der Waals surface area contributed by atoms with Gasteiger partial charge in [-0.15, -0.1) is 0 Å². The summed E-state index contributed by atoms with van der Waals surface area (Å²) in [6.45, 7) is 12.2. The Morgan fingerprint density at radius 3 is 2.42 bits per heavy atom. The average Bonchev–Trinajstić information content (AvgIpc) is 3.06. The van der Waals surface area contributed by atoms with Crippen LogP contribution in [0.4, 0.5) is 0 Å². The monoisotopic (exact) mass is 460 g/mol. The second kappa shape index (κ2) is 10.4. The van der Waals surface area contributed by atoms with Crippen LogP contribution in [0.3, 0.4) is 0 Å². The first kappa shape index (κ1) is 26.7. The van der Waals surface area contributed by atoms with E-state index in [0.29, 0.717) is 24.7 Å². The van der Waals surface area contributed by atoms with Crippen molar-refractivity contribution in [2.75, 3.05) is 0 Å². The molecule has 3 saturated carbocycles. The molecule has 33 heavy (non-hydrogen) atoms. The maximum absolute atomic E-state index is 11.5. The zero-order chi connectivity index (χ0) is 24.4. The van der Waals surface area contributed by atoms with Crippen LogP contribution in [-0.2, 0) is 0 Å². The second-order valence-electron chi connectivity index (χ2n) is 12.3. The van der Waals surface area contributed by atoms with Gasteiger partial charge in [-0.05, 0) is 101 Å². The second-order valence-corrected chi connectivity index (χ2v) is 12.3. The van der Waals surface area contributed by atoms with E-state index in [1.165, 1.54) is 5.57 Å². The van der Waals surface area contributed by atoms with Gasteiger partial charge in [-0.1, -0.05) is 50.5 Å². The molecule has 0 aromatic rings. The molecule has 0 radical (unpaired) electrons. The van der Waals surface area contributed by atoms with E-state index in [9.17, 15) is 20.4 Å². The summed E-state index contributed by atoms with van der Waals surface area (Å²) >= 11 is 0. The Bertz CT molecular complexity index is 756. The maximum Gasteiger partial charge on any atom is 0.0811 e. The highest BCUT2D eigenvalue weighted by Gasteiger charge is 2.54. The Labute approximate surface area is 201 Å². The van der Waals surface area contributed by atoms with E-state index in [-0.39, 0.29) is 5.41 Å². The van der Waals surface area contributed by atoms with Crippen molar-refractivity contribution < 1.29 is 20.4 Å². The summed E-state index contributed by atoms with van der Waals surface area (Å²) in [5, 5.41) is 41.7. The van der Waals surface area contributed by atoms with Gasteiger partial charge in [-0.3, -0.25) is 0 Å². The Balaban J connectivity index is 1.66. The molecule has 0 bridgehead atoms. The zero-order valence-corrected chi connectivity index (χ0v) is 21.4. The summed E-state index contributed by atoms with van der Waals surface area (Å²) in [5.41, 5.74) is 2.02. The van der Waals surface area contributed by atoms with Crippen molar-refractivity contribution in [1.82, 2.24) is 0 Å². The van der Waals surface area contributed by atoms with Gasteiger partial charge in [0.1, 0.15) is 0 Å². The van der Waals surface area contributed by atoms with Gasteiger partial charge in [0.05, 0.1) is 23.4 Å². The lowest BCUT2D eigenvalue weighted by Crippen LogP contribution is -2.45. The Kier molecular flexibility index (Phi) is 8.37. The van der Waals surface area contributed by atoms with Crippen molar-refractivity contribution >= 4 is 0 Å². The normalized spacial score (nSPS) is 37.4. The summed E-state index contributed by atoms with van der Waals surface area (Å²) < 4.78 is 0. The van der Waals surface area contributed by atoms with E-state index in [4.69, 9.17) is 0 Å². The number of hydrogen-bond acceptors (Lipinski definition) is 4. The number of aliphatic hydroxyl groups is 4. The third-order valence-electron chi connectivity index (χ3n) is 8.95. The molecule has 4 heteroatoms. The first-order valence-electron chi connectivity index (χ1n) is 13.2. The first-order chi connectivity index (χ1) is 15.3. The van der Waals surface area contributed by atoms with Gasteiger partial charge in [0.15, 0.2) is 0 Å². The predicted molar refractivity (Wildman–Crippen MR) is 135 cm³/mol. The SMILES string of the molecule is C=C1/C(=C\C=C2/CCC[C@@]3(C)[C@H]2CC[C@@H]3[C@@](C)(O)CCCCCC(C)(C)O)C[C@@H](O)C[C@@H]1O. The van der Waals surface area contributed by atoms with Gasteiger partial charge in [-0.25, -0.2) is 0 Å². The molecule has 3 rings (SSSR count). The van der Waals surface area contributed by atoms with Crippen molar-refractivity contribution in [1.29, 1.82) is 0 Å². The number of rotatable bonds is 8. The molecule has 0 aromatic carbocycles. The fraction of sp³-hybridized carbons (Fsp3) is 0.793. The zero-order valence-electron chi connectivity index (χ0n) is 21.4. The average molecular weight is 461 g/mol. The number of allylic oxidation sites excluding steroid dienone is 3. The molecule has 3 fully saturated rings. The van der Waals surface area contributed by atoms with Crippen LogP contribution in [0.1, 0.15) is 105 Å². The van der Waals surface area contributed by atoms with Gasteiger partial charge >= 0.3 is 0 Å². The van der Waals surface area contributed by atoms with Crippen molar-refractivity contribution in [2.24, 2.45) is 17.3 Å². The molecule has 3 aliphatic rings. The van der Waals surface area contributed by atoms with Crippen molar-refractivity contribution in [3.63, 3.8) is 0 Å². The lowest BCUT2D eigenvalue weighted by molar-refractivity contribution is -0.0655. The van der Waals surface area contributed by atoms with Crippen LogP contribution in [0.2, 0.25) is 0 Å². The molecule has 0 amide bonds. The van der Waals surface area contributed by atoms with Gasteiger partial charge in [0, 0.05) is 6.42 Å². The molecule has 0 heterocycles. The quantitative estimate of drug-likeness (QED) is 0.355. The van der Waals surface area contributed by atoms with Crippen molar-refractivity contribution in [2.45, 2.75) is 128 Å². The highest BCUT2D eigenvalue weighted by Crippen LogP contribution is 2.60. The van der Waals surface area contributed by atoms with Crippen LogP contribution in [0, 0.1) is 17.3 Å². The minimum absolute atomic E-state index is 0.113. The third kappa shape index (κ3) is 6.39. The molecule has 4 nitrogen and oxygen atoms in total. The van der Waals surface area contributed by atoms with E-state index in [0.717, 1.165) is 75.4 Å². The van der Waals surface area contributed by atoms with E-state index >= 15 is 0 Å². The predicted octanol–water partition coefficient (Wildman–Crippen LogP) is 5.60. The number of fused-ring (bicyclic) bond motifs is 1.